The van der Waals surface area contributed by atoms with Gasteiger partial charge in [0.25, 0.3) is 0 Å². The third-order valence-corrected chi connectivity index (χ3v) is 3.76. The standard InChI is InChI=1S/C18H12F4N2O2/c19-15-12(7-4-8-13(15)17(25)26)9-24-10-14(11-5-2-1-3-6-11)16(23-24)18(20,21)22/h1-8,10H,9H2,(H,25,26). The topological polar surface area (TPSA) is 55.1 Å². The number of aromatic nitrogens is 2. The molecule has 0 fully saturated rings. The van der Waals surface area contributed by atoms with Crippen LogP contribution in [0.5, 0.6) is 0 Å². The molecular formula is C18H12F4N2O2. The quantitative estimate of drug-likeness (QED) is 0.696. The molecule has 4 nitrogen and oxygen atoms in total. The Labute approximate surface area is 145 Å². The Balaban J connectivity index is 2.04. The predicted molar refractivity (Wildman–Crippen MR) is 85.1 cm³/mol. The molecule has 0 aliphatic rings. The molecule has 134 valence electrons. The third kappa shape index (κ3) is 3.44. The maximum atomic E-state index is 14.2. The van der Waals surface area contributed by atoms with Gasteiger partial charge < -0.3 is 5.11 Å². The van der Waals surface area contributed by atoms with Gasteiger partial charge in [-0.2, -0.15) is 18.3 Å². The van der Waals surface area contributed by atoms with Crippen molar-refractivity contribution in [3.05, 3.63) is 77.4 Å². The lowest BCUT2D eigenvalue weighted by atomic mass is 10.1. The molecular weight excluding hydrogens is 352 g/mol. The summed E-state index contributed by atoms with van der Waals surface area (Å²) in [7, 11) is 0. The van der Waals surface area contributed by atoms with Gasteiger partial charge in [-0.25, -0.2) is 9.18 Å². The molecule has 1 aromatic heterocycles. The number of nitrogens with zero attached hydrogens (tertiary/aromatic N) is 2. The number of hydrogen-bond acceptors (Lipinski definition) is 2. The summed E-state index contributed by atoms with van der Waals surface area (Å²) in [5.41, 5.74) is -1.51. The number of benzene rings is 2. The molecule has 0 radical (unpaired) electrons. The molecule has 0 saturated carbocycles. The molecule has 0 aliphatic heterocycles. The fourth-order valence-corrected chi connectivity index (χ4v) is 2.58. The highest BCUT2D eigenvalue weighted by molar-refractivity contribution is 5.88. The Morgan fingerprint density at radius 1 is 1.08 bits per heavy atom. The van der Waals surface area contributed by atoms with Crippen LogP contribution in [0.15, 0.2) is 54.7 Å². The third-order valence-electron chi connectivity index (χ3n) is 3.76. The SMILES string of the molecule is O=C(O)c1cccc(Cn2cc(-c3ccccc3)c(C(F)(F)F)n2)c1F. The average Bonchev–Trinajstić information content (AvgIpc) is 3.01. The zero-order chi connectivity index (χ0) is 18.9. The summed E-state index contributed by atoms with van der Waals surface area (Å²) < 4.78 is 55.1. The van der Waals surface area contributed by atoms with Crippen LogP contribution in [0, 0.1) is 5.82 Å². The monoisotopic (exact) mass is 364 g/mol. The maximum Gasteiger partial charge on any atom is 0.435 e. The van der Waals surface area contributed by atoms with Crippen molar-refractivity contribution in [2.45, 2.75) is 12.7 Å². The van der Waals surface area contributed by atoms with E-state index in [4.69, 9.17) is 5.11 Å². The first-order valence-electron chi connectivity index (χ1n) is 7.48. The molecule has 1 heterocycles. The van der Waals surface area contributed by atoms with E-state index in [-0.39, 0.29) is 17.7 Å². The molecule has 0 aliphatic carbocycles. The van der Waals surface area contributed by atoms with E-state index >= 15 is 0 Å². The number of carboxylic acids is 1. The molecule has 8 heteroatoms. The minimum Gasteiger partial charge on any atom is -0.478 e. The van der Waals surface area contributed by atoms with Crippen LogP contribution in [-0.4, -0.2) is 20.9 Å². The summed E-state index contributed by atoms with van der Waals surface area (Å²) in [5.74, 6) is -2.45. The smallest absolute Gasteiger partial charge is 0.435 e. The molecule has 2 aromatic carbocycles. The molecule has 0 saturated heterocycles. The first-order valence-corrected chi connectivity index (χ1v) is 7.48. The molecule has 26 heavy (non-hydrogen) atoms. The highest BCUT2D eigenvalue weighted by Gasteiger charge is 2.37. The molecule has 0 unspecified atom stereocenters. The van der Waals surface area contributed by atoms with Crippen molar-refractivity contribution in [1.29, 1.82) is 0 Å². The van der Waals surface area contributed by atoms with E-state index in [2.05, 4.69) is 5.10 Å². The molecule has 0 amide bonds. The Morgan fingerprint density at radius 2 is 1.77 bits per heavy atom. The molecule has 3 aromatic rings. The second-order valence-electron chi connectivity index (χ2n) is 5.54. The lowest BCUT2D eigenvalue weighted by molar-refractivity contribution is -0.141. The number of rotatable bonds is 4. The van der Waals surface area contributed by atoms with Crippen molar-refractivity contribution in [3.63, 3.8) is 0 Å². The Kier molecular flexibility index (Phi) is 4.50. The predicted octanol–water partition coefficient (Wildman–Crippen LogP) is 4.45. The fraction of sp³-hybridized carbons (Fsp3) is 0.111. The highest BCUT2D eigenvalue weighted by atomic mass is 19.4. The van der Waals surface area contributed by atoms with Gasteiger partial charge in [-0.05, 0) is 11.6 Å². The number of carboxylic acid groups (broad SMARTS) is 1. The summed E-state index contributed by atoms with van der Waals surface area (Å²) in [6.07, 6.45) is -3.51. The zero-order valence-corrected chi connectivity index (χ0v) is 13.2. The average molecular weight is 364 g/mol. The van der Waals surface area contributed by atoms with Crippen LogP contribution in [0.1, 0.15) is 21.6 Å². The fourth-order valence-electron chi connectivity index (χ4n) is 2.58. The van der Waals surface area contributed by atoms with Crippen molar-refractivity contribution >= 4 is 5.97 Å². The number of carbonyl (C=O) groups is 1. The summed E-state index contributed by atoms with van der Waals surface area (Å²) in [6, 6.07) is 11.6. The first kappa shape index (κ1) is 17.7. The maximum absolute atomic E-state index is 14.2. The number of halogens is 4. The summed E-state index contributed by atoms with van der Waals surface area (Å²) >= 11 is 0. The van der Waals surface area contributed by atoms with Crippen LogP contribution in [0.25, 0.3) is 11.1 Å². The Hall–Kier alpha value is -3.16. The van der Waals surface area contributed by atoms with Crippen molar-refractivity contribution in [3.8, 4) is 11.1 Å². The number of hydrogen-bond donors (Lipinski definition) is 1. The second kappa shape index (κ2) is 6.62. The minimum absolute atomic E-state index is 0.0688. The van der Waals surface area contributed by atoms with Crippen LogP contribution in [0.4, 0.5) is 17.6 Å². The molecule has 0 spiro atoms. The molecule has 0 atom stereocenters. The lowest BCUT2D eigenvalue weighted by Gasteiger charge is -2.06. The van der Waals surface area contributed by atoms with Crippen LogP contribution in [0.2, 0.25) is 0 Å². The second-order valence-corrected chi connectivity index (χ2v) is 5.54. The van der Waals surface area contributed by atoms with E-state index < -0.39 is 29.2 Å². The van der Waals surface area contributed by atoms with E-state index in [0.29, 0.717) is 5.56 Å². The van der Waals surface area contributed by atoms with Gasteiger partial charge in [0.2, 0.25) is 0 Å². The van der Waals surface area contributed by atoms with Crippen molar-refractivity contribution in [2.75, 3.05) is 0 Å². The van der Waals surface area contributed by atoms with E-state index in [1.54, 1.807) is 18.2 Å². The van der Waals surface area contributed by atoms with Gasteiger partial charge in [-0.15, -0.1) is 0 Å². The lowest BCUT2D eigenvalue weighted by Crippen LogP contribution is -2.11. The largest absolute Gasteiger partial charge is 0.478 e. The molecule has 3 rings (SSSR count). The van der Waals surface area contributed by atoms with Gasteiger partial charge in [-0.3, -0.25) is 4.68 Å². The zero-order valence-electron chi connectivity index (χ0n) is 13.2. The van der Waals surface area contributed by atoms with Crippen LogP contribution >= 0.6 is 0 Å². The molecule has 1 N–H and O–H groups in total. The van der Waals surface area contributed by atoms with Crippen molar-refractivity contribution in [1.82, 2.24) is 9.78 Å². The Morgan fingerprint density at radius 3 is 2.38 bits per heavy atom. The van der Waals surface area contributed by atoms with E-state index in [1.807, 2.05) is 0 Å². The summed E-state index contributed by atoms with van der Waals surface area (Å²) in [4.78, 5) is 11.0. The first-order chi connectivity index (χ1) is 12.3. The Bertz CT molecular complexity index is 950. The van der Waals surface area contributed by atoms with Crippen molar-refractivity contribution < 1.29 is 27.5 Å². The summed E-state index contributed by atoms with van der Waals surface area (Å²) in [6.45, 7) is -0.330. The minimum atomic E-state index is -4.68. The molecule has 0 bridgehead atoms. The van der Waals surface area contributed by atoms with E-state index in [1.165, 1.54) is 30.5 Å². The van der Waals surface area contributed by atoms with Gasteiger partial charge in [0, 0.05) is 17.3 Å². The highest BCUT2D eigenvalue weighted by Crippen LogP contribution is 2.36. The van der Waals surface area contributed by atoms with Crippen LogP contribution < -0.4 is 0 Å². The normalized spacial score (nSPS) is 11.5. The van der Waals surface area contributed by atoms with E-state index in [0.717, 1.165) is 10.7 Å². The van der Waals surface area contributed by atoms with Gasteiger partial charge in [-0.1, -0.05) is 42.5 Å². The number of aromatic carboxylic acids is 1. The van der Waals surface area contributed by atoms with Gasteiger partial charge in [0.1, 0.15) is 5.82 Å². The summed E-state index contributed by atoms with van der Waals surface area (Å²) in [5, 5.41) is 12.5. The van der Waals surface area contributed by atoms with Gasteiger partial charge in [0.05, 0.1) is 12.1 Å². The van der Waals surface area contributed by atoms with Crippen molar-refractivity contribution in [2.24, 2.45) is 0 Å². The van der Waals surface area contributed by atoms with Crippen LogP contribution in [-0.2, 0) is 12.7 Å². The van der Waals surface area contributed by atoms with E-state index in [9.17, 15) is 22.4 Å². The van der Waals surface area contributed by atoms with Crippen LogP contribution in [0.3, 0.4) is 0 Å². The van der Waals surface area contributed by atoms with Gasteiger partial charge in [0.15, 0.2) is 5.69 Å². The number of alkyl halides is 3. The van der Waals surface area contributed by atoms with Gasteiger partial charge >= 0.3 is 12.1 Å².